The van der Waals surface area contributed by atoms with Crippen LogP contribution in [-0.2, 0) is 4.74 Å². The summed E-state index contributed by atoms with van der Waals surface area (Å²) < 4.78 is 4.97. The largest absolute Gasteiger partial charge is 0.476 e. The van der Waals surface area contributed by atoms with Crippen molar-refractivity contribution in [2.24, 2.45) is 0 Å². The first-order valence-corrected chi connectivity index (χ1v) is 4.84. The monoisotopic (exact) mass is 239 g/mol. The molecule has 1 amide bonds. The number of carboxylic acid groups (broad SMARTS) is 1. The van der Waals surface area contributed by atoms with E-state index in [4.69, 9.17) is 9.84 Å². The maximum atomic E-state index is 11.4. The zero-order valence-corrected chi connectivity index (χ0v) is 9.72. The van der Waals surface area contributed by atoms with Crippen molar-refractivity contribution in [2.75, 3.05) is 5.32 Å². The number of nitrogens with one attached hydrogen (secondary N) is 1. The van der Waals surface area contributed by atoms with Gasteiger partial charge >= 0.3 is 12.1 Å². The van der Waals surface area contributed by atoms with Crippen molar-refractivity contribution in [1.29, 1.82) is 0 Å². The number of aromatic carboxylic acids is 1. The highest BCUT2D eigenvalue weighted by Gasteiger charge is 2.19. The minimum absolute atomic E-state index is 0.144. The highest BCUT2D eigenvalue weighted by Crippen LogP contribution is 2.12. The molecule has 2 N–H and O–H groups in total. The number of ether oxygens (including phenoxy) is 1. The van der Waals surface area contributed by atoms with E-state index in [1.165, 1.54) is 12.4 Å². The van der Waals surface area contributed by atoms with Crippen LogP contribution >= 0.6 is 0 Å². The van der Waals surface area contributed by atoms with Crippen LogP contribution in [0, 0.1) is 0 Å². The van der Waals surface area contributed by atoms with E-state index in [0.717, 1.165) is 0 Å². The summed E-state index contributed by atoms with van der Waals surface area (Å²) in [6.45, 7) is 5.09. The van der Waals surface area contributed by atoms with Crippen molar-refractivity contribution in [1.82, 2.24) is 9.97 Å². The van der Waals surface area contributed by atoms with Crippen LogP contribution in [0.15, 0.2) is 12.4 Å². The Bertz CT molecular complexity index is 439. The van der Waals surface area contributed by atoms with E-state index in [9.17, 15) is 9.59 Å². The van der Waals surface area contributed by atoms with Gasteiger partial charge in [0.2, 0.25) is 0 Å². The van der Waals surface area contributed by atoms with Crippen molar-refractivity contribution in [3.05, 3.63) is 18.1 Å². The SMILES string of the molecule is CC(C)(C)OC(=O)Nc1nccnc1C(=O)O. The number of carboxylic acids is 1. The molecule has 1 aromatic heterocycles. The number of aromatic nitrogens is 2. The minimum atomic E-state index is -1.27. The zero-order chi connectivity index (χ0) is 13.1. The molecule has 17 heavy (non-hydrogen) atoms. The van der Waals surface area contributed by atoms with E-state index < -0.39 is 17.7 Å². The molecule has 0 aliphatic heterocycles. The fraction of sp³-hybridized carbons (Fsp3) is 0.400. The highest BCUT2D eigenvalue weighted by molar-refractivity contribution is 5.95. The summed E-state index contributed by atoms with van der Waals surface area (Å²) >= 11 is 0. The van der Waals surface area contributed by atoms with Gasteiger partial charge in [-0.2, -0.15) is 0 Å². The van der Waals surface area contributed by atoms with Crippen LogP contribution in [0.4, 0.5) is 10.6 Å². The number of carbonyl (C=O) groups is 2. The summed E-state index contributed by atoms with van der Waals surface area (Å²) in [5.74, 6) is -1.42. The van der Waals surface area contributed by atoms with Crippen LogP contribution in [0.3, 0.4) is 0 Å². The van der Waals surface area contributed by atoms with Crippen LogP contribution < -0.4 is 5.32 Å². The van der Waals surface area contributed by atoms with Crippen LogP contribution in [0.1, 0.15) is 31.3 Å². The van der Waals surface area contributed by atoms with Gasteiger partial charge in [-0.3, -0.25) is 5.32 Å². The molecule has 0 saturated carbocycles. The van der Waals surface area contributed by atoms with E-state index >= 15 is 0 Å². The van der Waals surface area contributed by atoms with Crippen molar-refractivity contribution in [3.63, 3.8) is 0 Å². The molecule has 0 unspecified atom stereocenters. The molecule has 0 aliphatic rings. The van der Waals surface area contributed by atoms with Crippen molar-refractivity contribution in [2.45, 2.75) is 26.4 Å². The normalized spacial score (nSPS) is 10.8. The molecule has 0 aromatic carbocycles. The van der Waals surface area contributed by atoms with Gasteiger partial charge in [-0.05, 0) is 20.8 Å². The Kier molecular flexibility index (Phi) is 3.62. The summed E-state index contributed by atoms with van der Waals surface area (Å²) in [7, 11) is 0. The first kappa shape index (κ1) is 12.9. The lowest BCUT2D eigenvalue weighted by Gasteiger charge is -2.19. The molecule has 0 saturated heterocycles. The van der Waals surface area contributed by atoms with Gasteiger partial charge in [-0.1, -0.05) is 0 Å². The molecular weight excluding hydrogens is 226 g/mol. The second-order valence-electron chi connectivity index (χ2n) is 4.19. The number of rotatable bonds is 2. The lowest BCUT2D eigenvalue weighted by molar-refractivity contribution is 0.0635. The summed E-state index contributed by atoms with van der Waals surface area (Å²) in [6, 6.07) is 0. The van der Waals surface area contributed by atoms with Crippen LogP contribution in [0.2, 0.25) is 0 Å². The van der Waals surface area contributed by atoms with Gasteiger partial charge in [0.1, 0.15) is 5.60 Å². The summed E-state index contributed by atoms with van der Waals surface area (Å²) in [4.78, 5) is 29.5. The first-order chi connectivity index (χ1) is 7.79. The number of amides is 1. The Balaban J connectivity index is 2.82. The molecule has 1 aromatic rings. The molecule has 7 heteroatoms. The molecule has 0 spiro atoms. The smallest absolute Gasteiger partial charge is 0.413 e. The number of nitrogens with zero attached hydrogens (tertiary/aromatic N) is 2. The maximum absolute atomic E-state index is 11.4. The Morgan fingerprint density at radius 3 is 2.41 bits per heavy atom. The lowest BCUT2D eigenvalue weighted by atomic mass is 10.2. The van der Waals surface area contributed by atoms with E-state index in [0.29, 0.717) is 0 Å². The van der Waals surface area contributed by atoms with Crippen LogP contribution in [0.5, 0.6) is 0 Å². The van der Waals surface area contributed by atoms with Crippen molar-refractivity contribution >= 4 is 17.9 Å². The molecular formula is C10H13N3O4. The molecule has 1 rings (SSSR count). The zero-order valence-electron chi connectivity index (χ0n) is 9.72. The third kappa shape index (κ3) is 4.06. The summed E-state index contributed by atoms with van der Waals surface area (Å²) in [5.41, 5.74) is -1.01. The predicted octanol–water partition coefficient (Wildman–Crippen LogP) is 1.52. The third-order valence-electron chi connectivity index (χ3n) is 1.52. The van der Waals surface area contributed by atoms with E-state index in [1.54, 1.807) is 20.8 Å². The molecule has 0 atom stereocenters. The van der Waals surface area contributed by atoms with Gasteiger partial charge in [-0.25, -0.2) is 19.6 Å². The van der Waals surface area contributed by atoms with E-state index in [2.05, 4.69) is 15.3 Å². The van der Waals surface area contributed by atoms with E-state index in [1.807, 2.05) is 0 Å². The Morgan fingerprint density at radius 2 is 1.88 bits per heavy atom. The molecule has 0 radical (unpaired) electrons. The number of carbonyl (C=O) groups excluding carboxylic acids is 1. The average Bonchev–Trinajstić information content (AvgIpc) is 2.14. The maximum Gasteiger partial charge on any atom is 0.413 e. The van der Waals surface area contributed by atoms with Gasteiger partial charge < -0.3 is 9.84 Å². The third-order valence-corrected chi connectivity index (χ3v) is 1.52. The van der Waals surface area contributed by atoms with Gasteiger partial charge in [0.25, 0.3) is 0 Å². The number of anilines is 1. The summed E-state index contributed by atoms with van der Waals surface area (Å²) in [6.07, 6.45) is 1.73. The average molecular weight is 239 g/mol. The lowest BCUT2D eigenvalue weighted by Crippen LogP contribution is -2.28. The first-order valence-electron chi connectivity index (χ1n) is 4.84. The van der Waals surface area contributed by atoms with Crippen LogP contribution in [-0.4, -0.2) is 32.7 Å². The van der Waals surface area contributed by atoms with Crippen LogP contribution in [0.25, 0.3) is 0 Å². The molecule has 1 heterocycles. The number of hydrogen-bond donors (Lipinski definition) is 2. The van der Waals surface area contributed by atoms with E-state index in [-0.39, 0.29) is 11.5 Å². The minimum Gasteiger partial charge on any atom is -0.476 e. The molecule has 0 aliphatic carbocycles. The Hall–Kier alpha value is -2.18. The molecule has 0 fully saturated rings. The van der Waals surface area contributed by atoms with Gasteiger partial charge in [0.15, 0.2) is 11.5 Å². The van der Waals surface area contributed by atoms with Gasteiger partial charge in [0, 0.05) is 12.4 Å². The Morgan fingerprint density at radius 1 is 1.29 bits per heavy atom. The molecule has 0 bridgehead atoms. The van der Waals surface area contributed by atoms with Crippen molar-refractivity contribution < 1.29 is 19.4 Å². The second-order valence-corrected chi connectivity index (χ2v) is 4.19. The molecule has 92 valence electrons. The fourth-order valence-corrected chi connectivity index (χ4v) is 0.986. The Labute approximate surface area is 97.8 Å². The van der Waals surface area contributed by atoms with Crippen molar-refractivity contribution in [3.8, 4) is 0 Å². The number of hydrogen-bond acceptors (Lipinski definition) is 5. The van der Waals surface area contributed by atoms with Gasteiger partial charge in [-0.15, -0.1) is 0 Å². The topological polar surface area (TPSA) is 101 Å². The predicted molar refractivity (Wildman–Crippen MR) is 58.8 cm³/mol. The summed E-state index contributed by atoms with van der Waals surface area (Å²) in [5, 5.41) is 11.0. The quantitative estimate of drug-likeness (QED) is 0.811. The highest BCUT2D eigenvalue weighted by atomic mass is 16.6. The van der Waals surface area contributed by atoms with Gasteiger partial charge in [0.05, 0.1) is 0 Å². The standard InChI is InChI=1S/C10H13N3O4/c1-10(2,3)17-9(16)13-7-6(8(14)15)11-4-5-12-7/h4-5H,1-3H3,(H,14,15)(H,12,13,16). The molecule has 7 nitrogen and oxygen atoms in total. The second kappa shape index (κ2) is 4.77. The fourth-order valence-electron chi connectivity index (χ4n) is 0.986.